The van der Waals surface area contributed by atoms with Crippen molar-refractivity contribution in [3.05, 3.63) is 63.7 Å². The molecule has 5 N–H and O–H groups in total. The summed E-state index contributed by atoms with van der Waals surface area (Å²) in [7, 11) is 2.86. The van der Waals surface area contributed by atoms with Crippen LogP contribution in [0.25, 0.3) is 0 Å². The number of aliphatic hydroxyl groups is 1. The standard InChI is InChI=1S/C44H50N2O18/c1-21-40-24(45-14-15-58-42(57-3)41(45)63-40)16-31(61-21)62-26-18-43(55,27(47)19-59-44(12-5-4-6-13-44)60-20-30(50)64-46-28(48)10-11-29(46)49)17-23-33(26)39(54)35-34(37(23)52)36(51)22-8-7-9-25(56-2)32(22)38(35)53/h7-11,21,24,26,31,40-42,48-49,52,54-55H,4-6,12-20H2,1-3H3/t21-,24-,26-,31-,40+,41+,42-,43-/m0/s1. The molecule has 0 bridgehead atoms. The van der Waals surface area contributed by atoms with Gasteiger partial charge < -0.3 is 68.3 Å². The maximum absolute atomic E-state index is 14.4. The number of phenols is 2. The predicted octanol–water partition coefficient (Wildman–Crippen LogP) is 2.28. The number of aromatic hydroxyl groups is 4. The third-order valence-electron chi connectivity index (χ3n) is 13.2. The Hall–Kier alpha value is -5.16. The van der Waals surface area contributed by atoms with E-state index in [9.17, 15) is 44.7 Å². The number of carbonyl (C=O) groups excluding carboxylic acids is 4. The van der Waals surface area contributed by atoms with E-state index in [2.05, 4.69) is 4.90 Å². The maximum Gasteiger partial charge on any atom is 0.358 e. The molecule has 4 heterocycles. The van der Waals surface area contributed by atoms with Crippen molar-refractivity contribution in [2.45, 2.75) is 113 Å². The summed E-state index contributed by atoms with van der Waals surface area (Å²) in [4.78, 5) is 62.7. The van der Waals surface area contributed by atoms with Gasteiger partial charge in [-0.25, -0.2) is 4.79 Å². The zero-order valence-corrected chi connectivity index (χ0v) is 35.4. The highest BCUT2D eigenvalue weighted by atomic mass is 16.7. The summed E-state index contributed by atoms with van der Waals surface area (Å²) in [6.07, 6.45) is -2.86. The number of aromatic nitrogens is 1. The van der Waals surface area contributed by atoms with Crippen molar-refractivity contribution in [3.63, 3.8) is 0 Å². The normalized spacial score (nSPS) is 29.5. The monoisotopic (exact) mass is 894 g/mol. The molecule has 3 aliphatic heterocycles. The molecule has 0 amide bonds. The van der Waals surface area contributed by atoms with Crippen LogP contribution in [-0.4, -0.2) is 148 Å². The van der Waals surface area contributed by atoms with Crippen molar-refractivity contribution in [1.29, 1.82) is 0 Å². The van der Waals surface area contributed by atoms with E-state index in [1.54, 1.807) is 0 Å². The minimum Gasteiger partial charge on any atom is -0.507 e. The first-order chi connectivity index (χ1) is 30.7. The van der Waals surface area contributed by atoms with Gasteiger partial charge in [-0.2, -0.15) is 0 Å². The molecule has 4 fully saturated rings. The molecule has 3 aromatic rings. The summed E-state index contributed by atoms with van der Waals surface area (Å²) >= 11 is 0. The highest BCUT2D eigenvalue weighted by Gasteiger charge is 2.55. The number of ether oxygens (including phenoxy) is 8. The molecule has 2 aromatic carbocycles. The highest BCUT2D eigenvalue weighted by molar-refractivity contribution is 6.31. The van der Waals surface area contributed by atoms with Crippen molar-refractivity contribution in [2.75, 3.05) is 40.6 Å². The largest absolute Gasteiger partial charge is 0.507 e. The first-order valence-corrected chi connectivity index (χ1v) is 21.3. The van der Waals surface area contributed by atoms with E-state index in [0.29, 0.717) is 30.7 Å². The zero-order chi connectivity index (χ0) is 45.2. The van der Waals surface area contributed by atoms with E-state index in [0.717, 1.165) is 18.6 Å². The Morgan fingerprint density at radius 2 is 1.61 bits per heavy atom. The first kappa shape index (κ1) is 44.1. The quantitative estimate of drug-likeness (QED) is 0.101. The molecule has 0 unspecified atom stereocenters. The average Bonchev–Trinajstić information content (AvgIpc) is 3.83. The third-order valence-corrected chi connectivity index (χ3v) is 13.2. The molecule has 9 rings (SSSR count). The summed E-state index contributed by atoms with van der Waals surface area (Å²) in [6.45, 7) is 1.29. The number of ketones is 3. The van der Waals surface area contributed by atoms with Gasteiger partial charge >= 0.3 is 5.97 Å². The van der Waals surface area contributed by atoms with Crippen molar-refractivity contribution in [1.82, 2.24) is 9.63 Å². The number of hydrogen-bond donors (Lipinski definition) is 5. The minimum atomic E-state index is -2.36. The molecule has 1 saturated carbocycles. The topological polar surface area (TPSA) is 261 Å². The van der Waals surface area contributed by atoms with Crippen LogP contribution < -0.4 is 9.57 Å². The Kier molecular flexibility index (Phi) is 11.7. The number of hydrogen-bond acceptors (Lipinski definition) is 19. The molecule has 0 radical (unpaired) electrons. The van der Waals surface area contributed by atoms with Crippen molar-refractivity contribution < 1.29 is 87.4 Å². The van der Waals surface area contributed by atoms with Gasteiger partial charge in [0.05, 0.1) is 42.6 Å². The van der Waals surface area contributed by atoms with Crippen molar-refractivity contribution >= 4 is 23.3 Å². The highest BCUT2D eigenvalue weighted by Crippen LogP contribution is 2.53. The van der Waals surface area contributed by atoms with E-state index < -0.39 is 132 Å². The SMILES string of the molecule is COc1cccc2c1C(=O)c1c(O)c3c(c(O)c1C2=O)C[C@@](O)(C(=O)COC1(OCC(=O)On2c(O)ccc2O)CCCCC1)C[C@@H]3O[C@H]1C[C@H]2[C@H](O[C@@H]3[C@@H](OC)OCCN32)[C@H](C)O1. The summed E-state index contributed by atoms with van der Waals surface area (Å²) in [5.41, 5.74) is -3.83. The Morgan fingerprint density at radius 3 is 2.33 bits per heavy atom. The van der Waals surface area contributed by atoms with Gasteiger partial charge in [-0.1, -0.05) is 18.6 Å². The van der Waals surface area contributed by atoms with Gasteiger partial charge in [0.1, 0.15) is 35.6 Å². The molecule has 3 aliphatic carbocycles. The second-order valence-corrected chi connectivity index (χ2v) is 17.0. The predicted molar refractivity (Wildman–Crippen MR) is 214 cm³/mol. The molecule has 1 aromatic heterocycles. The van der Waals surface area contributed by atoms with Crippen molar-refractivity contribution in [3.8, 4) is 29.0 Å². The number of Topliss-reactive ketones (excluding diaryl/α,β-unsaturated/α-hetero) is 1. The number of nitrogens with zero attached hydrogens (tertiary/aromatic N) is 2. The van der Waals surface area contributed by atoms with Crippen LogP contribution in [0.2, 0.25) is 0 Å². The lowest BCUT2D eigenvalue weighted by molar-refractivity contribution is -0.258. The van der Waals surface area contributed by atoms with Crippen LogP contribution in [0.3, 0.4) is 0 Å². The summed E-state index contributed by atoms with van der Waals surface area (Å²) < 4.78 is 48.6. The van der Waals surface area contributed by atoms with E-state index in [1.165, 1.54) is 32.4 Å². The van der Waals surface area contributed by atoms with Gasteiger partial charge in [0.25, 0.3) is 0 Å². The fourth-order valence-corrected chi connectivity index (χ4v) is 10.1. The minimum absolute atomic E-state index is 0.0754. The van der Waals surface area contributed by atoms with Crippen LogP contribution in [0.1, 0.15) is 101 Å². The second-order valence-electron chi connectivity index (χ2n) is 17.0. The smallest absolute Gasteiger partial charge is 0.358 e. The molecule has 0 spiro atoms. The Bertz CT molecular complexity index is 2340. The zero-order valence-electron chi connectivity index (χ0n) is 35.4. The third kappa shape index (κ3) is 7.49. The Morgan fingerprint density at radius 1 is 0.891 bits per heavy atom. The second kappa shape index (κ2) is 17.0. The molecule has 64 heavy (non-hydrogen) atoms. The van der Waals surface area contributed by atoms with Crippen LogP contribution in [0.4, 0.5) is 0 Å². The van der Waals surface area contributed by atoms with Crippen LogP contribution in [-0.2, 0) is 49.2 Å². The van der Waals surface area contributed by atoms with E-state index >= 15 is 0 Å². The molecule has 6 aliphatic rings. The number of morpholine rings is 1. The van der Waals surface area contributed by atoms with Crippen LogP contribution in [0, 0.1) is 0 Å². The van der Waals surface area contributed by atoms with Crippen LogP contribution in [0.15, 0.2) is 30.3 Å². The fraction of sp³-hybridized carbons (Fsp3) is 0.545. The number of fused-ring (bicyclic) bond motifs is 6. The van der Waals surface area contributed by atoms with E-state index in [1.807, 2.05) is 6.92 Å². The number of carbonyl (C=O) groups is 4. The van der Waals surface area contributed by atoms with Gasteiger partial charge in [-0.3, -0.25) is 19.3 Å². The van der Waals surface area contributed by atoms with Gasteiger partial charge in [0, 0.05) is 80.6 Å². The average molecular weight is 895 g/mol. The molecule has 20 heteroatoms. The van der Waals surface area contributed by atoms with Crippen LogP contribution in [0.5, 0.6) is 29.0 Å². The van der Waals surface area contributed by atoms with Crippen LogP contribution >= 0.6 is 0 Å². The van der Waals surface area contributed by atoms with Gasteiger partial charge in [0.2, 0.25) is 17.5 Å². The first-order valence-electron chi connectivity index (χ1n) is 21.3. The molecule has 20 nitrogen and oxygen atoms in total. The molecule has 344 valence electrons. The lowest BCUT2D eigenvalue weighted by Crippen LogP contribution is -2.55. The number of phenolic OH excluding ortho intramolecular Hbond substituents is 2. The summed E-state index contributed by atoms with van der Waals surface area (Å²) in [5, 5.41) is 56.4. The van der Waals surface area contributed by atoms with Crippen molar-refractivity contribution in [2.24, 2.45) is 0 Å². The van der Waals surface area contributed by atoms with E-state index in [4.69, 9.17) is 42.7 Å². The molecule has 8 atom stereocenters. The Labute approximate surface area is 366 Å². The molecule has 3 saturated heterocycles. The molecular weight excluding hydrogens is 844 g/mol. The number of rotatable bonds is 12. The Balaban J connectivity index is 1.02. The lowest BCUT2D eigenvalue weighted by atomic mass is 9.72. The molecular formula is C44H50N2O18. The van der Waals surface area contributed by atoms with E-state index in [-0.39, 0.29) is 53.3 Å². The fourth-order valence-electron chi connectivity index (χ4n) is 10.1. The number of benzene rings is 2. The maximum atomic E-state index is 14.4. The summed E-state index contributed by atoms with van der Waals surface area (Å²) in [6, 6.07) is 6.39. The lowest BCUT2D eigenvalue weighted by Gasteiger charge is -2.43. The number of methoxy groups -OCH3 is 2. The van der Waals surface area contributed by atoms with Gasteiger partial charge in [-0.15, -0.1) is 4.73 Å². The summed E-state index contributed by atoms with van der Waals surface area (Å²) in [5.74, 6) is -7.28. The van der Waals surface area contributed by atoms with Gasteiger partial charge in [-0.05, 0) is 25.8 Å². The van der Waals surface area contributed by atoms with Gasteiger partial charge in [0.15, 0.2) is 42.8 Å².